The maximum atomic E-state index is 13.0. The Morgan fingerprint density at radius 2 is 1.96 bits per heavy atom. The number of aromatic nitrogens is 2. The average Bonchev–Trinajstić information content (AvgIpc) is 3.25. The predicted molar refractivity (Wildman–Crippen MR) is 93.9 cm³/mol. The zero-order valence-corrected chi connectivity index (χ0v) is 14.9. The number of rotatable bonds is 5. The fourth-order valence-electron chi connectivity index (χ4n) is 3.66. The number of hydrogen-bond acceptors (Lipinski definition) is 3. The molecule has 2 atom stereocenters. The molecule has 2 aromatic rings. The van der Waals surface area contributed by atoms with Gasteiger partial charge in [0.25, 0.3) is 0 Å². The van der Waals surface area contributed by atoms with Crippen LogP contribution in [-0.4, -0.2) is 52.4 Å². The van der Waals surface area contributed by atoms with Crippen molar-refractivity contribution in [2.45, 2.75) is 24.6 Å². The number of amides is 1. The van der Waals surface area contributed by atoms with Gasteiger partial charge in [-0.2, -0.15) is 18.3 Å². The van der Waals surface area contributed by atoms with Gasteiger partial charge in [0.1, 0.15) is 0 Å². The summed E-state index contributed by atoms with van der Waals surface area (Å²) in [5.74, 6) is -1.65. The van der Waals surface area contributed by atoms with Crippen molar-refractivity contribution in [1.29, 1.82) is 0 Å². The number of carbonyl (C=O) groups excluding carboxylic acids is 1. The van der Waals surface area contributed by atoms with E-state index in [4.69, 9.17) is 0 Å². The third-order valence-corrected chi connectivity index (χ3v) is 5.36. The van der Waals surface area contributed by atoms with Crippen LogP contribution in [0.25, 0.3) is 11.1 Å². The van der Waals surface area contributed by atoms with Crippen LogP contribution in [0.3, 0.4) is 0 Å². The smallest absolute Gasteiger partial charge is 0.331 e. The Morgan fingerprint density at radius 3 is 2.48 bits per heavy atom. The van der Waals surface area contributed by atoms with Crippen LogP contribution in [0.4, 0.5) is 13.2 Å². The van der Waals surface area contributed by atoms with Crippen molar-refractivity contribution in [2.75, 3.05) is 19.6 Å². The summed E-state index contributed by atoms with van der Waals surface area (Å²) >= 11 is 0. The summed E-state index contributed by atoms with van der Waals surface area (Å²) in [6.45, 7) is 1.50. The van der Waals surface area contributed by atoms with E-state index in [9.17, 15) is 18.0 Å². The molecule has 27 heavy (non-hydrogen) atoms. The van der Waals surface area contributed by atoms with Gasteiger partial charge in [-0.25, -0.2) is 0 Å². The van der Waals surface area contributed by atoms with Crippen LogP contribution in [0.15, 0.2) is 36.7 Å². The third kappa shape index (κ3) is 3.71. The first kappa shape index (κ1) is 18.0. The summed E-state index contributed by atoms with van der Waals surface area (Å²) in [5.41, 5.74) is 2.97. The molecule has 1 saturated heterocycles. The molecule has 1 amide bonds. The fourth-order valence-corrected chi connectivity index (χ4v) is 3.66. The van der Waals surface area contributed by atoms with E-state index in [1.165, 1.54) is 0 Å². The van der Waals surface area contributed by atoms with Crippen molar-refractivity contribution in [3.63, 3.8) is 0 Å². The molecule has 1 aliphatic heterocycles. The van der Waals surface area contributed by atoms with E-state index >= 15 is 0 Å². The molecule has 2 aliphatic rings. The molecule has 1 aromatic heterocycles. The van der Waals surface area contributed by atoms with Crippen LogP contribution in [0.1, 0.15) is 17.9 Å². The van der Waals surface area contributed by atoms with Gasteiger partial charge >= 0.3 is 12.1 Å². The Kier molecular flexibility index (Phi) is 4.46. The van der Waals surface area contributed by atoms with Crippen molar-refractivity contribution in [3.05, 3.63) is 42.2 Å². The fraction of sp³-hybridized carbons (Fsp3) is 0.474. The zero-order chi connectivity index (χ0) is 19.2. The summed E-state index contributed by atoms with van der Waals surface area (Å²) in [4.78, 5) is 13.0. The van der Waals surface area contributed by atoms with Crippen molar-refractivity contribution < 1.29 is 18.0 Å². The number of aryl methyl sites for hydroxylation is 1. The second-order valence-electron chi connectivity index (χ2n) is 7.41. The Morgan fingerprint density at radius 1 is 1.26 bits per heavy atom. The van der Waals surface area contributed by atoms with Gasteiger partial charge in [0, 0.05) is 56.3 Å². The van der Waals surface area contributed by atoms with E-state index in [0.29, 0.717) is 19.5 Å². The van der Waals surface area contributed by atoms with Gasteiger partial charge in [0.2, 0.25) is 0 Å². The lowest BCUT2D eigenvalue weighted by Crippen LogP contribution is -2.52. The molecular weight excluding hydrogens is 357 g/mol. The van der Waals surface area contributed by atoms with Crippen LogP contribution < -0.4 is 5.32 Å². The van der Waals surface area contributed by atoms with Crippen LogP contribution in [0, 0.1) is 5.92 Å². The second kappa shape index (κ2) is 6.67. The number of carbonyl (C=O) groups is 1. The molecular formula is C19H21F3N4O. The Bertz CT molecular complexity index is 826. The number of halogens is 3. The first-order valence-electron chi connectivity index (χ1n) is 9.00. The largest absolute Gasteiger partial charge is 0.471 e. The predicted octanol–water partition coefficient (Wildman–Crippen LogP) is 2.55. The number of nitrogens with one attached hydrogen (secondary N) is 1. The normalized spacial score (nSPS) is 22.4. The maximum absolute atomic E-state index is 13.0. The molecule has 4 rings (SSSR count). The van der Waals surface area contributed by atoms with Crippen LogP contribution in [0.2, 0.25) is 0 Å². The standard InChI is InChI=1S/C19H21F3N4O/c1-25-11-15(9-24-25)13-2-4-14(5-3-13)16-6-17(16)26(10-12-7-23-8-12)18(27)19(20,21)22/h2-5,9,11-12,16-17,23H,6-8,10H2,1H3. The number of benzene rings is 1. The minimum absolute atomic E-state index is 0.0349. The molecule has 0 spiro atoms. The van der Waals surface area contributed by atoms with E-state index in [1.54, 1.807) is 10.9 Å². The van der Waals surface area contributed by atoms with Gasteiger partial charge in [0.15, 0.2) is 0 Å². The highest BCUT2D eigenvalue weighted by molar-refractivity contribution is 5.82. The van der Waals surface area contributed by atoms with Crippen LogP contribution in [0.5, 0.6) is 0 Å². The minimum atomic E-state index is -4.82. The molecule has 144 valence electrons. The summed E-state index contributed by atoms with van der Waals surface area (Å²) in [6, 6.07) is 7.41. The quantitative estimate of drug-likeness (QED) is 0.870. The Labute approximate surface area is 155 Å². The lowest BCUT2D eigenvalue weighted by Gasteiger charge is -2.34. The maximum Gasteiger partial charge on any atom is 0.471 e. The molecule has 1 aromatic carbocycles. The minimum Gasteiger partial charge on any atom is -0.331 e. The van der Waals surface area contributed by atoms with E-state index in [2.05, 4.69) is 10.4 Å². The van der Waals surface area contributed by atoms with Crippen LogP contribution >= 0.6 is 0 Å². The van der Waals surface area contributed by atoms with Gasteiger partial charge < -0.3 is 10.2 Å². The second-order valence-corrected chi connectivity index (χ2v) is 7.41. The molecule has 2 heterocycles. The van der Waals surface area contributed by atoms with E-state index in [1.807, 2.05) is 37.5 Å². The Hall–Kier alpha value is -2.35. The SMILES string of the molecule is Cn1cc(-c2ccc(C3CC3N(CC3CNC3)C(=O)C(F)(F)F)cc2)cn1. The molecule has 2 unspecified atom stereocenters. The molecule has 2 fully saturated rings. The summed E-state index contributed by atoms with van der Waals surface area (Å²) < 4.78 is 40.8. The summed E-state index contributed by atoms with van der Waals surface area (Å²) in [6.07, 6.45) is -0.570. The Balaban J connectivity index is 1.47. The zero-order valence-electron chi connectivity index (χ0n) is 14.9. The van der Waals surface area contributed by atoms with Crippen molar-refractivity contribution in [2.24, 2.45) is 13.0 Å². The van der Waals surface area contributed by atoms with Gasteiger partial charge in [0.05, 0.1) is 6.20 Å². The van der Waals surface area contributed by atoms with Gasteiger partial charge in [-0.3, -0.25) is 9.48 Å². The van der Waals surface area contributed by atoms with Crippen LogP contribution in [-0.2, 0) is 11.8 Å². The first-order valence-corrected chi connectivity index (χ1v) is 9.00. The summed E-state index contributed by atoms with van der Waals surface area (Å²) in [5, 5.41) is 7.19. The lowest BCUT2D eigenvalue weighted by atomic mass is 10.0. The van der Waals surface area contributed by atoms with Crippen molar-refractivity contribution >= 4 is 5.91 Å². The van der Waals surface area contributed by atoms with E-state index < -0.39 is 12.1 Å². The van der Waals surface area contributed by atoms with E-state index in [0.717, 1.165) is 21.6 Å². The molecule has 1 N–H and O–H groups in total. The van der Waals surface area contributed by atoms with Gasteiger partial charge in [-0.1, -0.05) is 24.3 Å². The number of hydrogen-bond donors (Lipinski definition) is 1. The topological polar surface area (TPSA) is 50.2 Å². The van der Waals surface area contributed by atoms with Gasteiger partial charge in [-0.05, 0) is 17.5 Å². The van der Waals surface area contributed by atoms with Crippen molar-refractivity contribution in [3.8, 4) is 11.1 Å². The average molecular weight is 378 g/mol. The number of nitrogens with zero attached hydrogens (tertiary/aromatic N) is 3. The highest BCUT2D eigenvalue weighted by Gasteiger charge is 2.52. The molecule has 0 bridgehead atoms. The number of alkyl halides is 3. The third-order valence-electron chi connectivity index (χ3n) is 5.36. The van der Waals surface area contributed by atoms with Gasteiger partial charge in [-0.15, -0.1) is 0 Å². The molecule has 0 radical (unpaired) electrons. The monoisotopic (exact) mass is 378 g/mol. The summed E-state index contributed by atoms with van der Waals surface area (Å²) in [7, 11) is 1.84. The van der Waals surface area contributed by atoms with E-state index in [-0.39, 0.29) is 24.4 Å². The lowest BCUT2D eigenvalue weighted by molar-refractivity contribution is -0.187. The molecule has 5 nitrogen and oxygen atoms in total. The molecule has 1 aliphatic carbocycles. The van der Waals surface area contributed by atoms with Crippen molar-refractivity contribution in [1.82, 2.24) is 20.0 Å². The first-order chi connectivity index (χ1) is 12.8. The molecule has 1 saturated carbocycles. The highest BCUT2D eigenvalue weighted by atomic mass is 19.4. The molecule has 8 heteroatoms. The highest BCUT2D eigenvalue weighted by Crippen LogP contribution is 2.46.